The van der Waals surface area contributed by atoms with Gasteiger partial charge < -0.3 is 14.8 Å². The molecule has 0 unspecified atom stereocenters. The van der Waals surface area contributed by atoms with Gasteiger partial charge in [-0.15, -0.1) is 0 Å². The molecule has 132 valence electrons. The van der Waals surface area contributed by atoms with Crippen LogP contribution in [0.15, 0.2) is 42.6 Å². The average Bonchev–Trinajstić information content (AvgIpc) is 2.59. The Morgan fingerprint density at radius 3 is 2.76 bits per heavy atom. The van der Waals surface area contributed by atoms with Gasteiger partial charge >= 0.3 is 0 Å². The third kappa shape index (κ3) is 5.64. The molecule has 25 heavy (non-hydrogen) atoms. The highest BCUT2D eigenvalue weighted by molar-refractivity contribution is 5.91. The lowest BCUT2D eigenvalue weighted by Gasteiger charge is -2.13. The molecule has 0 fully saturated rings. The predicted molar refractivity (Wildman–Crippen MR) is 98.6 cm³/mol. The molecule has 5 nitrogen and oxygen atoms in total. The molecule has 0 aliphatic heterocycles. The second kappa shape index (κ2) is 8.87. The summed E-state index contributed by atoms with van der Waals surface area (Å²) in [6.07, 6.45) is 5.02. The first kappa shape index (κ1) is 18.5. The molecule has 0 atom stereocenters. The van der Waals surface area contributed by atoms with Crippen LogP contribution in [0.1, 0.15) is 30.7 Å². The Bertz CT molecular complexity index is 754. The molecule has 0 spiro atoms. The van der Waals surface area contributed by atoms with Gasteiger partial charge in [-0.05, 0) is 56.2 Å². The lowest BCUT2D eigenvalue weighted by molar-refractivity contribution is -0.116. The van der Waals surface area contributed by atoms with Crippen LogP contribution in [0.4, 0.5) is 0 Å². The maximum atomic E-state index is 12.0. The summed E-state index contributed by atoms with van der Waals surface area (Å²) in [6, 6.07) is 9.41. The van der Waals surface area contributed by atoms with Crippen molar-refractivity contribution in [3.8, 4) is 11.5 Å². The Balaban J connectivity index is 1.98. The van der Waals surface area contributed by atoms with Crippen LogP contribution in [0.3, 0.4) is 0 Å². The highest BCUT2D eigenvalue weighted by atomic mass is 16.5. The number of nitrogens with zero attached hydrogens (tertiary/aromatic N) is 1. The van der Waals surface area contributed by atoms with Gasteiger partial charge in [-0.25, -0.2) is 0 Å². The smallest absolute Gasteiger partial charge is 0.244 e. The highest BCUT2D eigenvalue weighted by Crippen LogP contribution is 2.29. The fourth-order valence-electron chi connectivity index (χ4n) is 2.24. The van der Waals surface area contributed by atoms with E-state index in [4.69, 9.17) is 9.47 Å². The van der Waals surface area contributed by atoms with E-state index in [0.717, 1.165) is 16.8 Å². The van der Waals surface area contributed by atoms with Crippen LogP contribution in [0.25, 0.3) is 6.08 Å². The standard InChI is InChI=1S/C20H24N2O3/c1-14(2)25-18-9-7-16(12-19(18)24-4)8-10-20(23)22-13-17-15(3)6-5-11-21-17/h5-12,14H,13H2,1-4H3,(H,22,23)/b10-8+. The fourth-order valence-corrected chi connectivity index (χ4v) is 2.24. The summed E-state index contributed by atoms with van der Waals surface area (Å²) in [5, 5.41) is 2.83. The van der Waals surface area contributed by atoms with Gasteiger partial charge in [0.1, 0.15) is 0 Å². The molecule has 0 bridgehead atoms. The van der Waals surface area contributed by atoms with E-state index in [-0.39, 0.29) is 12.0 Å². The fraction of sp³-hybridized carbons (Fsp3) is 0.300. The molecule has 0 aliphatic carbocycles. The number of aromatic nitrogens is 1. The maximum absolute atomic E-state index is 12.0. The zero-order valence-corrected chi connectivity index (χ0v) is 15.1. The normalized spacial score (nSPS) is 10.9. The molecule has 0 aliphatic rings. The van der Waals surface area contributed by atoms with Crippen molar-refractivity contribution in [2.75, 3.05) is 7.11 Å². The Morgan fingerprint density at radius 1 is 1.28 bits per heavy atom. The Kier molecular flexibility index (Phi) is 6.57. The zero-order chi connectivity index (χ0) is 18.2. The number of carbonyl (C=O) groups is 1. The van der Waals surface area contributed by atoms with Crippen molar-refractivity contribution in [3.05, 3.63) is 59.4 Å². The average molecular weight is 340 g/mol. The van der Waals surface area contributed by atoms with E-state index >= 15 is 0 Å². The van der Waals surface area contributed by atoms with Crippen LogP contribution in [-0.4, -0.2) is 24.1 Å². The van der Waals surface area contributed by atoms with Crippen molar-refractivity contribution < 1.29 is 14.3 Å². The number of methoxy groups -OCH3 is 1. The van der Waals surface area contributed by atoms with Crippen LogP contribution in [-0.2, 0) is 11.3 Å². The van der Waals surface area contributed by atoms with Crippen LogP contribution in [0.2, 0.25) is 0 Å². The number of pyridine rings is 1. The molecular formula is C20H24N2O3. The van der Waals surface area contributed by atoms with Crippen LogP contribution in [0, 0.1) is 6.92 Å². The molecular weight excluding hydrogens is 316 g/mol. The van der Waals surface area contributed by atoms with Crippen molar-refractivity contribution in [1.29, 1.82) is 0 Å². The molecule has 5 heteroatoms. The van der Waals surface area contributed by atoms with E-state index in [9.17, 15) is 4.79 Å². The topological polar surface area (TPSA) is 60.5 Å². The Hall–Kier alpha value is -2.82. The molecule has 1 N–H and O–H groups in total. The van der Waals surface area contributed by atoms with E-state index in [2.05, 4.69) is 10.3 Å². The largest absolute Gasteiger partial charge is 0.493 e. The van der Waals surface area contributed by atoms with Crippen LogP contribution < -0.4 is 14.8 Å². The summed E-state index contributed by atoms with van der Waals surface area (Å²) < 4.78 is 11.0. The zero-order valence-electron chi connectivity index (χ0n) is 15.1. The van der Waals surface area contributed by atoms with Gasteiger partial charge in [0.05, 0.1) is 25.5 Å². The SMILES string of the molecule is COc1cc(/C=C/C(=O)NCc2ncccc2C)ccc1OC(C)C. The number of carbonyl (C=O) groups excluding carboxylic acids is 1. The Morgan fingerprint density at radius 2 is 2.08 bits per heavy atom. The van der Waals surface area contributed by atoms with Crippen LogP contribution >= 0.6 is 0 Å². The maximum Gasteiger partial charge on any atom is 0.244 e. The lowest BCUT2D eigenvalue weighted by atomic mass is 10.2. The predicted octanol–water partition coefficient (Wildman–Crippen LogP) is 3.52. The summed E-state index contributed by atoms with van der Waals surface area (Å²) in [4.78, 5) is 16.2. The number of hydrogen-bond acceptors (Lipinski definition) is 4. The quantitative estimate of drug-likeness (QED) is 0.784. The van der Waals surface area contributed by atoms with Gasteiger partial charge in [-0.1, -0.05) is 12.1 Å². The van der Waals surface area contributed by atoms with Crippen molar-refractivity contribution in [2.24, 2.45) is 0 Å². The summed E-state index contributed by atoms with van der Waals surface area (Å²) in [7, 11) is 1.60. The second-order valence-corrected chi connectivity index (χ2v) is 5.90. The number of benzene rings is 1. The molecule has 1 aromatic heterocycles. The lowest BCUT2D eigenvalue weighted by Crippen LogP contribution is -2.21. The summed E-state index contributed by atoms with van der Waals surface area (Å²) in [6.45, 7) is 6.29. The summed E-state index contributed by atoms with van der Waals surface area (Å²) in [5.74, 6) is 1.15. The van der Waals surface area contributed by atoms with E-state index in [0.29, 0.717) is 18.0 Å². The first-order valence-corrected chi connectivity index (χ1v) is 8.20. The van der Waals surface area contributed by atoms with Crippen molar-refractivity contribution in [1.82, 2.24) is 10.3 Å². The number of ether oxygens (including phenoxy) is 2. The number of rotatable bonds is 7. The van der Waals surface area contributed by atoms with E-state index in [1.807, 2.05) is 51.1 Å². The van der Waals surface area contributed by atoms with E-state index in [1.165, 1.54) is 6.08 Å². The Labute approximate surface area is 148 Å². The number of nitrogens with one attached hydrogen (secondary N) is 1. The van der Waals surface area contributed by atoms with E-state index < -0.39 is 0 Å². The van der Waals surface area contributed by atoms with Gasteiger partial charge in [0.2, 0.25) is 5.91 Å². The minimum atomic E-state index is -0.175. The third-order valence-electron chi connectivity index (χ3n) is 3.53. The molecule has 2 aromatic rings. The minimum absolute atomic E-state index is 0.0659. The first-order valence-electron chi connectivity index (χ1n) is 8.20. The molecule has 0 radical (unpaired) electrons. The molecule has 2 rings (SSSR count). The third-order valence-corrected chi connectivity index (χ3v) is 3.53. The minimum Gasteiger partial charge on any atom is -0.493 e. The monoisotopic (exact) mass is 340 g/mol. The van der Waals surface area contributed by atoms with Crippen LogP contribution in [0.5, 0.6) is 11.5 Å². The van der Waals surface area contributed by atoms with Gasteiger partial charge in [0.15, 0.2) is 11.5 Å². The molecule has 1 aromatic carbocycles. The van der Waals surface area contributed by atoms with Crippen molar-refractivity contribution in [2.45, 2.75) is 33.4 Å². The second-order valence-electron chi connectivity index (χ2n) is 5.90. The van der Waals surface area contributed by atoms with Crippen molar-refractivity contribution >= 4 is 12.0 Å². The highest BCUT2D eigenvalue weighted by Gasteiger charge is 2.07. The van der Waals surface area contributed by atoms with Gasteiger partial charge in [-0.3, -0.25) is 9.78 Å². The number of amides is 1. The van der Waals surface area contributed by atoms with Gasteiger partial charge in [-0.2, -0.15) is 0 Å². The van der Waals surface area contributed by atoms with Crippen molar-refractivity contribution in [3.63, 3.8) is 0 Å². The molecule has 0 saturated heterocycles. The van der Waals surface area contributed by atoms with E-state index in [1.54, 1.807) is 19.4 Å². The summed E-state index contributed by atoms with van der Waals surface area (Å²) >= 11 is 0. The molecule has 0 saturated carbocycles. The van der Waals surface area contributed by atoms with Gasteiger partial charge in [0.25, 0.3) is 0 Å². The number of hydrogen-bond donors (Lipinski definition) is 1. The summed E-state index contributed by atoms with van der Waals surface area (Å²) in [5.41, 5.74) is 2.77. The first-order chi connectivity index (χ1) is 12.0. The number of aryl methyl sites for hydroxylation is 1. The molecule has 1 amide bonds. The van der Waals surface area contributed by atoms with Gasteiger partial charge in [0, 0.05) is 12.3 Å². The molecule has 1 heterocycles.